The minimum absolute atomic E-state index is 0.0134. The third kappa shape index (κ3) is 6.87. The van der Waals surface area contributed by atoms with Crippen molar-refractivity contribution in [2.75, 3.05) is 13.2 Å². The highest BCUT2D eigenvalue weighted by Gasteiger charge is 2.49. The normalized spacial score (nSPS) is 13.1. The summed E-state index contributed by atoms with van der Waals surface area (Å²) in [5.41, 5.74) is 1.13. The molecule has 0 bridgehead atoms. The van der Waals surface area contributed by atoms with Crippen LogP contribution in [0.3, 0.4) is 0 Å². The molecule has 3 aromatic carbocycles. The number of hydrogen-bond acceptors (Lipinski definition) is 3. The van der Waals surface area contributed by atoms with E-state index in [4.69, 9.17) is 9.16 Å². The molecular formula is C29H38O3Si. The summed E-state index contributed by atoms with van der Waals surface area (Å²) in [5.74, 6) is 0. The largest absolute Gasteiger partial charge is 0.407 e. The van der Waals surface area contributed by atoms with Gasteiger partial charge in [-0.25, -0.2) is 0 Å². The molecule has 176 valence electrons. The molecule has 3 nitrogen and oxygen atoms in total. The van der Waals surface area contributed by atoms with Crippen LogP contribution < -0.4 is 10.4 Å². The molecule has 0 heterocycles. The number of ether oxygens (including phenoxy) is 1. The monoisotopic (exact) mass is 462 g/mol. The van der Waals surface area contributed by atoms with Crippen molar-refractivity contribution in [1.29, 1.82) is 0 Å². The highest BCUT2D eigenvalue weighted by Crippen LogP contribution is 2.36. The van der Waals surface area contributed by atoms with Gasteiger partial charge >= 0.3 is 0 Å². The number of aliphatic hydroxyl groups is 1. The molecule has 0 aromatic heterocycles. The standard InChI is InChI=1S/C29H38O3Si/c1-29(2,3)33(27-18-9-5-10-19-27,28-20-11-6-12-21-28)32-22-14-13-17-26(30)24-31-23-25-15-7-4-8-16-25/h4-12,15-16,18-21,26,30H,13-14,17,22-24H2,1-3H3/t26-/m0/s1. The fraction of sp³-hybridized carbons (Fsp3) is 0.379. The second kappa shape index (κ2) is 12.3. The number of unbranched alkanes of at least 4 members (excludes halogenated alkanes) is 1. The molecule has 1 N–H and O–H groups in total. The summed E-state index contributed by atoms with van der Waals surface area (Å²) >= 11 is 0. The predicted molar refractivity (Wildman–Crippen MR) is 140 cm³/mol. The van der Waals surface area contributed by atoms with Crippen LogP contribution >= 0.6 is 0 Å². The van der Waals surface area contributed by atoms with E-state index in [0.717, 1.165) is 24.8 Å². The molecule has 0 aliphatic carbocycles. The third-order valence-corrected chi connectivity index (χ3v) is 11.1. The van der Waals surface area contributed by atoms with Gasteiger partial charge in [0.05, 0.1) is 19.3 Å². The van der Waals surface area contributed by atoms with Crippen molar-refractivity contribution >= 4 is 18.7 Å². The van der Waals surface area contributed by atoms with Crippen LogP contribution in [0.15, 0.2) is 91.0 Å². The van der Waals surface area contributed by atoms with E-state index >= 15 is 0 Å². The van der Waals surface area contributed by atoms with Gasteiger partial charge in [0.1, 0.15) is 0 Å². The topological polar surface area (TPSA) is 38.7 Å². The van der Waals surface area contributed by atoms with Gasteiger partial charge < -0.3 is 14.3 Å². The van der Waals surface area contributed by atoms with E-state index in [2.05, 4.69) is 81.4 Å². The van der Waals surface area contributed by atoms with Gasteiger partial charge in [-0.05, 0) is 40.2 Å². The van der Waals surface area contributed by atoms with Gasteiger partial charge in [0.2, 0.25) is 0 Å². The molecule has 0 spiro atoms. The minimum atomic E-state index is -2.47. The van der Waals surface area contributed by atoms with Gasteiger partial charge in [-0.2, -0.15) is 0 Å². The molecule has 4 heteroatoms. The Balaban J connectivity index is 1.56. The molecule has 0 amide bonds. The Morgan fingerprint density at radius 1 is 0.758 bits per heavy atom. The van der Waals surface area contributed by atoms with Crippen molar-refractivity contribution in [2.24, 2.45) is 0 Å². The molecule has 1 atom stereocenters. The number of aliphatic hydroxyl groups excluding tert-OH is 1. The predicted octanol–water partition coefficient (Wildman–Crippen LogP) is 5.31. The van der Waals surface area contributed by atoms with E-state index in [1.165, 1.54) is 10.4 Å². The SMILES string of the molecule is CC(C)(C)[Si](OCCCC[C@H](O)COCc1ccccc1)(c1ccccc1)c1ccccc1. The van der Waals surface area contributed by atoms with Crippen LogP contribution in [-0.2, 0) is 15.8 Å². The lowest BCUT2D eigenvalue weighted by Gasteiger charge is -2.43. The summed E-state index contributed by atoms with van der Waals surface area (Å²) in [6.45, 7) is 8.48. The summed E-state index contributed by atoms with van der Waals surface area (Å²) in [6, 6.07) is 31.5. The zero-order valence-corrected chi connectivity index (χ0v) is 21.2. The molecule has 0 unspecified atom stereocenters. The quantitative estimate of drug-likeness (QED) is 0.293. The van der Waals surface area contributed by atoms with Crippen molar-refractivity contribution in [3.05, 3.63) is 96.6 Å². The zero-order chi connectivity index (χ0) is 23.6. The zero-order valence-electron chi connectivity index (χ0n) is 20.2. The van der Waals surface area contributed by atoms with Gasteiger partial charge in [0.15, 0.2) is 0 Å². The van der Waals surface area contributed by atoms with E-state index in [-0.39, 0.29) is 5.04 Å². The van der Waals surface area contributed by atoms with Crippen LogP contribution in [0.1, 0.15) is 45.6 Å². The summed E-state index contributed by atoms with van der Waals surface area (Å²) in [6.07, 6.45) is 2.11. The summed E-state index contributed by atoms with van der Waals surface area (Å²) < 4.78 is 12.6. The number of rotatable bonds is 12. The lowest BCUT2D eigenvalue weighted by atomic mass is 10.2. The van der Waals surface area contributed by atoms with Crippen LogP contribution in [0, 0.1) is 0 Å². The minimum Gasteiger partial charge on any atom is -0.407 e. The van der Waals surface area contributed by atoms with Crippen LogP contribution in [0.2, 0.25) is 5.04 Å². The highest BCUT2D eigenvalue weighted by atomic mass is 28.4. The first-order valence-corrected chi connectivity index (χ1v) is 13.9. The smallest absolute Gasteiger partial charge is 0.261 e. The average molecular weight is 463 g/mol. The first kappa shape index (κ1) is 25.4. The first-order chi connectivity index (χ1) is 15.9. The molecule has 0 saturated carbocycles. The Morgan fingerprint density at radius 3 is 1.79 bits per heavy atom. The van der Waals surface area contributed by atoms with Crippen LogP contribution in [0.5, 0.6) is 0 Å². The third-order valence-electron chi connectivity index (χ3n) is 6.09. The first-order valence-electron chi connectivity index (χ1n) is 12.0. The summed E-state index contributed by atoms with van der Waals surface area (Å²) in [4.78, 5) is 0. The second-order valence-corrected chi connectivity index (χ2v) is 14.0. The molecule has 0 saturated heterocycles. The van der Waals surface area contributed by atoms with Gasteiger partial charge in [0, 0.05) is 6.61 Å². The molecule has 0 radical (unpaired) electrons. The Hall–Kier alpha value is -2.24. The fourth-order valence-corrected chi connectivity index (χ4v) is 9.05. The Labute approximate surface area is 200 Å². The van der Waals surface area contributed by atoms with E-state index in [9.17, 15) is 5.11 Å². The highest BCUT2D eigenvalue weighted by molar-refractivity contribution is 6.99. The summed E-state index contributed by atoms with van der Waals surface area (Å²) in [7, 11) is -2.47. The second-order valence-electron chi connectivity index (χ2n) is 9.66. The van der Waals surface area contributed by atoms with Crippen molar-refractivity contribution in [3.63, 3.8) is 0 Å². The molecule has 3 rings (SSSR count). The van der Waals surface area contributed by atoms with Crippen LogP contribution in [-0.4, -0.2) is 32.7 Å². The number of benzene rings is 3. The fourth-order valence-electron chi connectivity index (χ4n) is 4.44. The lowest BCUT2D eigenvalue weighted by molar-refractivity contribution is 0.0230. The van der Waals surface area contributed by atoms with Gasteiger partial charge in [0.25, 0.3) is 8.32 Å². The molecule has 3 aromatic rings. The van der Waals surface area contributed by atoms with E-state index in [1.807, 2.05) is 30.3 Å². The Morgan fingerprint density at radius 2 is 1.27 bits per heavy atom. The molecule has 0 fully saturated rings. The molecular weight excluding hydrogens is 424 g/mol. The maximum absolute atomic E-state index is 10.3. The molecule has 0 aliphatic heterocycles. The van der Waals surface area contributed by atoms with Crippen LogP contribution in [0.25, 0.3) is 0 Å². The van der Waals surface area contributed by atoms with Gasteiger partial charge in [-0.3, -0.25) is 0 Å². The molecule has 0 aliphatic rings. The summed E-state index contributed by atoms with van der Waals surface area (Å²) in [5, 5.41) is 12.9. The van der Waals surface area contributed by atoms with E-state index in [1.54, 1.807) is 0 Å². The van der Waals surface area contributed by atoms with Crippen molar-refractivity contribution in [2.45, 2.75) is 57.8 Å². The van der Waals surface area contributed by atoms with E-state index < -0.39 is 14.4 Å². The van der Waals surface area contributed by atoms with Crippen molar-refractivity contribution in [1.82, 2.24) is 0 Å². The average Bonchev–Trinajstić information content (AvgIpc) is 2.82. The van der Waals surface area contributed by atoms with E-state index in [0.29, 0.717) is 19.8 Å². The van der Waals surface area contributed by atoms with Crippen LogP contribution in [0.4, 0.5) is 0 Å². The maximum atomic E-state index is 10.3. The van der Waals surface area contributed by atoms with Gasteiger partial charge in [-0.15, -0.1) is 0 Å². The van der Waals surface area contributed by atoms with Crippen molar-refractivity contribution in [3.8, 4) is 0 Å². The lowest BCUT2D eigenvalue weighted by Crippen LogP contribution is -2.66. The van der Waals surface area contributed by atoms with Gasteiger partial charge in [-0.1, -0.05) is 112 Å². The Kier molecular flexibility index (Phi) is 9.45. The Bertz CT molecular complexity index is 884. The van der Waals surface area contributed by atoms with Crippen molar-refractivity contribution < 1.29 is 14.3 Å². The maximum Gasteiger partial charge on any atom is 0.261 e. The number of hydrogen-bond donors (Lipinski definition) is 1. The molecule has 33 heavy (non-hydrogen) atoms.